The molecular formula is C21H18N4O3. The van der Waals surface area contributed by atoms with Gasteiger partial charge in [0.25, 0.3) is 0 Å². The van der Waals surface area contributed by atoms with E-state index in [2.05, 4.69) is 10.1 Å². The molecule has 0 aliphatic heterocycles. The van der Waals surface area contributed by atoms with Crippen LogP contribution in [-0.4, -0.2) is 19.3 Å². The first-order valence-electron chi connectivity index (χ1n) is 8.80. The van der Waals surface area contributed by atoms with Gasteiger partial charge < -0.3 is 4.52 Å². The third kappa shape index (κ3) is 3.29. The van der Waals surface area contributed by atoms with Crippen molar-refractivity contribution in [2.75, 3.05) is 0 Å². The van der Waals surface area contributed by atoms with Crippen LogP contribution in [-0.2, 0) is 6.54 Å². The van der Waals surface area contributed by atoms with E-state index in [0.717, 1.165) is 16.7 Å². The number of benzene rings is 2. The van der Waals surface area contributed by atoms with Crippen molar-refractivity contribution in [3.8, 4) is 17.1 Å². The first-order chi connectivity index (χ1) is 13.5. The minimum atomic E-state index is -0.652. The second-order valence-corrected chi connectivity index (χ2v) is 6.57. The highest BCUT2D eigenvalue weighted by atomic mass is 16.5. The van der Waals surface area contributed by atoms with E-state index in [-0.39, 0.29) is 12.4 Å². The summed E-state index contributed by atoms with van der Waals surface area (Å²) in [4.78, 5) is 29.4. The SMILES string of the molecule is Cc1cccc(-c2noc(Cn3ccn(-c4ccccc4C)c(=O)c3=O)n2)c1. The van der Waals surface area contributed by atoms with E-state index in [4.69, 9.17) is 4.52 Å². The fourth-order valence-electron chi connectivity index (χ4n) is 3.02. The molecule has 2 heterocycles. The number of para-hydroxylation sites is 1. The van der Waals surface area contributed by atoms with E-state index < -0.39 is 11.1 Å². The third-order valence-electron chi connectivity index (χ3n) is 4.48. The Bertz CT molecular complexity index is 1270. The number of aromatic nitrogens is 4. The van der Waals surface area contributed by atoms with Crippen molar-refractivity contribution in [1.82, 2.24) is 19.3 Å². The molecule has 7 nitrogen and oxygen atoms in total. The summed E-state index contributed by atoms with van der Waals surface area (Å²) < 4.78 is 7.88. The van der Waals surface area contributed by atoms with Gasteiger partial charge in [0.05, 0.1) is 5.69 Å². The lowest BCUT2D eigenvalue weighted by Crippen LogP contribution is -2.40. The maximum absolute atomic E-state index is 12.6. The maximum atomic E-state index is 12.6. The second kappa shape index (κ2) is 7.11. The summed E-state index contributed by atoms with van der Waals surface area (Å²) >= 11 is 0. The van der Waals surface area contributed by atoms with Crippen molar-refractivity contribution in [2.45, 2.75) is 20.4 Å². The molecule has 4 aromatic rings. The summed E-state index contributed by atoms with van der Waals surface area (Å²) in [6, 6.07) is 15.1. The molecule has 2 aromatic carbocycles. The van der Waals surface area contributed by atoms with Crippen molar-refractivity contribution in [3.05, 3.63) is 98.6 Å². The maximum Gasteiger partial charge on any atom is 0.320 e. The highest BCUT2D eigenvalue weighted by Crippen LogP contribution is 2.17. The van der Waals surface area contributed by atoms with E-state index >= 15 is 0 Å². The molecule has 2 aromatic heterocycles. The smallest absolute Gasteiger partial charge is 0.320 e. The van der Waals surface area contributed by atoms with E-state index in [1.807, 2.05) is 56.3 Å². The van der Waals surface area contributed by atoms with Crippen molar-refractivity contribution < 1.29 is 4.52 Å². The zero-order chi connectivity index (χ0) is 19.7. The van der Waals surface area contributed by atoms with Crippen LogP contribution in [0.2, 0.25) is 0 Å². The van der Waals surface area contributed by atoms with Crippen LogP contribution in [0.5, 0.6) is 0 Å². The summed E-state index contributed by atoms with van der Waals surface area (Å²) in [6.45, 7) is 3.90. The quantitative estimate of drug-likeness (QED) is 0.513. The van der Waals surface area contributed by atoms with Gasteiger partial charge in [0.1, 0.15) is 6.54 Å². The minimum absolute atomic E-state index is 0.0293. The molecule has 0 aliphatic carbocycles. The standard InChI is InChI=1S/C21H18N4O3/c1-14-6-5-8-16(12-14)19-22-18(28-23-19)13-24-10-11-25(21(27)20(24)26)17-9-4-3-7-15(17)2/h3-12H,13H2,1-2H3. The van der Waals surface area contributed by atoms with E-state index in [9.17, 15) is 9.59 Å². The first-order valence-corrected chi connectivity index (χ1v) is 8.80. The van der Waals surface area contributed by atoms with Crippen molar-refractivity contribution in [2.24, 2.45) is 0 Å². The molecule has 4 rings (SSSR count). The van der Waals surface area contributed by atoms with Gasteiger partial charge in [-0.05, 0) is 31.5 Å². The molecule has 0 radical (unpaired) electrons. The number of nitrogens with zero attached hydrogens (tertiary/aromatic N) is 4. The Hall–Kier alpha value is -3.74. The van der Waals surface area contributed by atoms with Crippen LogP contribution in [0.25, 0.3) is 17.1 Å². The molecule has 0 unspecified atom stereocenters. The Kier molecular flexibility index (Phi) is 4.49. The van der Waals surface area contributed by atoms with Crippen molar-refractivity contribution >= 4 is 0 Å². The summed E-state index contributed by atoms with van der Waals surface area (Å²) in [5, 5.41) is 3.97. The predicted molar refractivity (Wildman–Crippen MR) is 105 cm³/mol. The van der Waals surface area contributed by atoms with Gasteiger partial charge in [0.15, 0.2) is 0 Å². The van der Waals surface area contributed by atoms with Crippen LogP contribution in [0, 0.1) is 13.8 Å². The molecule has 0 saturated heterocycles. The fraction of sp³-hybridized carbons (Fsp3) is 0.143. The summed E-state index contributed by atoms with van der Waals surface area (Å²) in [7, 11) is 0. The minimum Gasteiger partial charge on any atom is -0.337 e. The third-order valence-corrected chi connectivity index (χ3v) is 4.48. The largest absolute Gasteiger partial charge is 0.337 e. The van der Waals surface area contributed by atoms with Gasteiger partial charge >= 0.3 is 11.1 Å². The Morgan fingerprint density at radius 2 is 1.79 bits per heavy atom. The Labute approximate surface area is 160 Å². The number of rotatable bonds is 4. The highest BCUT2D eigenvalue weighted by Gasteiger charge is 2.13. The normalized spacial score (nSPS) is 10.9. The Morgan fingerprint density at radius 3 is 2.57 bits per heavy atom. The Morgan fingerprint density at radius 1 is 0.964 bits per heavy atom. The van der Waals surface area contributed by atoms with Crippen LogP contribution in [0.4, 0.5) is 0 Å². The Balaban J connectivity index is 1.65. The molecule has 140 valence electrons. The lowest BCUT2D eigenvalue weighted by Gasteiger charge is -2.09. The molecule has 0 bridgehead atoms. The van der Waals surface area contributed by atoms with Gasteiger partial charge in [-0.15, -0.1) is 0 Å². The molecule has 7 heteroatoms. The van der Waals surface area contributed by atoms with E-state index in [1.54, 1.807) is 18.5 Å². The van der Waals surface area contributed by atoms with E-state index in [1.165, 1.54) is 9.13 Å². The zero-order valence-electron chi connectivity index (χ0n) is 15.5. The molecule has 0 saturated carbocycles. The highest BCUT2D eigenvalue weighted by molar-refractivity contribution is 5.55. The lowest BCUT2D eigenvalue weighted by molar-refractivity contribution is 0.369. The first kappa shape index (κ1) is 17.7. The number of hydrogen-bond acceptors (Lipinski definition) is 5. The molecule has 0 spiro atoms. The fourth-order valence-corrected chi connectivity index (χ4v) is 3.02. The summed E-state index contributed by atoms with van der Waals surface area (Å²) in [6.07, 6.45) is 3.12. The average Bonchev–Trinajstić information content (AvgIpc) is 3.15. The monoisotopic (exact) mass is 374 g/mol. The van der Waals surface area contributed by atoms with Crippen LogP contribution in [0.3, 0.4) is 0 Å². The molecule has 0 amide bonds. The summed E-state index contributed by atoms with van der Waals surface area (Å²) in [5.41, 5.74) is 2.21. The van der Waals surface area contributed by atoms with Crippen LogP contribution >= 0.6 is 0 Å². The van der Waals surface area contributed by atoms with Gasteiger partial charge in [-0.3, -0.25) is 18.7 Å². The molecule has 0 aliphatic rings. The van der Waals surface area contributed by atoms with Crippen molar-refractivity contribution in [1.29, 1.82) is 0 Å². The summed E-state index contributed by atoms with van der Waals surface area (Å²) in [5.74, 6) is 0.701. The second-order valence-electron chi connectivity index (χ2n) is 6.57. The van der Waals surface area contributed by atoms with Gasteiger partial charge in [-0.1, -0.05) is 47.1 Å². The zero-order valence-corrected chi connectivity index (χ0v) is 15.5. The van der Waals surface area contributed by atoms with Crippen molar-refractivity contribution in [3.63, 3.8) is 0 Å². The van der Waals surface area contributed by atoms with Crippen LogP contribution < -0.4 is 11.1 Å². The lowest BCUT2D eigenvalue weighted by atomic mass is 10.1. The molecular weight excluding hydrogens is 356 g/mol. The molecule has 0 fully saturated rings. The molecule has 28 heavy (non-hydrogen) atoms. The van der Waals surface area contributed by atoms with Gasteiger partial charge in [0, 0.05) is 18.0 Å². The number of aryl methyl sites for hydroxylation is 2. The van der Waals surface area contributed by atoms with Gasteiger partial charge in [-0.2, -0.15) is 4.98 Å². The van der Waals surface area contributed by atoms with Gasteiger partial charge in [-0.25, -0.2) is 0 Å². The predicted octanol–water partition coefficient (Wildman–Crippen LogP) is 2.71. The topological polar surface area (TPSA) is 82.9 Å². The molecule has 0 atom stereocenters. The number of hydrogen-bond donors (Lipinski definition) is 0. The average molecular weight is 374 g/mol. The van der Waals surface area contributed by atoms with Crippen LogP contribution in [0.15, 0.2) is 75.0 Å². The van der Waals surface area contributed by atoms with E-state index in [0.29, 0.717) is 11.5 Å². The van der Waals surface area contributed by atoms with Crippen LogP contribution in [0.1, 0.15) is 17.0 Å². The molecule has 0 N–H and O–H groups in total. The van der Waals surface area contributed by atoms with Gasteiger partial charge in [0.2, 0.25) is 11.7 Å².